The topological polar surface area (TPSA) is 116 Å². The second-order valence-corrected chi connectivity index (χ2v) is 11.0. The molecular weight excluding hydrogens is 454 g/mol. The van der Waals surface area contributed by atoms with Crippen LogP contribution in [0.15, 0.2) is 30.3 Å². The summed E-state index contributed by atoms with van der Waals surface area (Å²) in [4.78, 5) is 29.0. The lowest BCUT2D eigenvalue weighted by atomic mass is 9.69. The van der Waals surface area contributed by atoms with Gasteiger partial charge in [-0.25, -0.2) is 5.84 Å². The fourth-order valence-corrected chi connectivity index (χ4v) is 5.31. The van der Waals surface area contributed by atoms with Crippen LogP contribution in [0.1, 0.15) is 54.5 Å². The van der Waals surface area contributed by atoms with Crippen LogP contribution < -0.4 is 16.6 Å². The van der Waals surface area contributed by atoms with Crippen molar-refractivity contribution in [1.29, 1.82) is 0 Å². The van der Waals surface area contributed by atoms with Gasteiger partial charge in [0.15, 0.2) is 0 Å². The second-order valence-electron chi connectivity index (χ2n) is 11.0. The van der Waals surface area contributed by atoms with Crippen LogP contribution in [0.2, 0.25) is 0 Å². The average molecular weight is 496 g/mol. The molecule has 1 aliphatic heterocycles. The van der Waals surface area contributed by atoms with E-state index in [1.807, 2.05) is 38.2 Å². The van der Waals surface area contributed by atoms with Crippen molar-refractivity contribution in [2.45, 2.75) is 47.1 Å². The van der Waals surface area contributed by atoms with Gasteiger partial charge in [-0.1, -0.05) is 31.2 Å². The molecule has 0 aliphatic carbocycles. The van der Waals surface area contributed by atoms with Crippen LogP contribution in [-0.2, 0) is 16.1 Å². The number of aliphatic carboxylic acids is 1. The summed E-state index contributed by atoms with van der Waals surface area (Å²) in [5, 5.41) is 11.7. The van der Waals surface area contributed by atoms with Crippen LogP contribution in [0.5, 0.6) is 0 Å². The number of carboxylic acids is 1. The molecule has 5 N–H and O–H groups in total. The Morgan fingerprint density at radius 1 is 1.22 bits per heavy atom. The first-order valence-corrected chi connectivity index (χ1v) is 12.4. The third kappa shape index (κ3) is 5.50. The van der Waals surface area contributed by atoms with Crippen LogP contribution in [0.25, 0.3) is 0 Å². The van der Waals surface area contributed by atoms with Crippen LogP contribution in [0.3, 0.4) is 0 Å². The van der Waals surface area contributed by atoms with E-state index in [-0.39, 0.29) is 5.91 Å². The maximum Gasteiger partial charge on any atom is 0.310 e. The highest BCUT2D eigenvalue weighted by molar-refractivity contribution is 5.79. The smallest absolute Gasteiger partial charge is 0.310 e. The molecule has 0 radical (unpaired) electrons. The highest BCUT2D eigenvalue weighted by atomic mass is 16.4. The fraction of sp³-hybridized carbons (Fsp3) is 0.500. The molecular formula is C28H41N5O3. The number of carboxylic acid groups (broad SMARTS) is 1. The Labute approximate surface area is 214 Å². The molecule has 2 aromatic carbocycles. The quantitative estimate of drug-likeness (QED) is 0.306. The number of benzene rings is 2. The number of aryl methyl sites for hydroxylation is 1. The molecule has 2 atom stereocenters. The summed E-state index contributed by atoms with van der Waals surface area (Å²) >= 11 is 0. The van der Waals surface area contributed by atoms with Crippen LogP contribution >= 0.6 is 0 Å². The van der Waals surface area contributed by atoms with Crippen molar-refractivity contribution in [3.8, 4) is 0 Å². The summed E-state index contributed by atoms with van der Waals surface area (Å²) in [6.45, 7) is 12.2. The molecule has 0 spiro atoms. The number of hydrogen-bond donors (Lipinski definition) is 3. The maximum atomic E-state index is 12.6. The highest BCUT2D eigenvalue weighted by Crippen LogP contribution is 2.45. The zero-order chi connectivity index (χ0) is 26.9. The summed E-state index contributed by atoms with van der Waals surface area (Å²) in [6.07, 6.45) is 0. The standard InChI is InChI=1S/C28H41N5O3/c1-17-13-31(6)24(34)16-33(14-17)15-21-12-20(9-8-18(21)2)25(28(4,5)27(35)36)22-10-11-23(32(7)30)26(29)19(22)3/h8-12,17,25H,13-16,29-30H2,1-7H3,(H,35,36). The highest BCUT2D eigenvalue weighted by Gasteiger charge is 2.40. The van der Waals surface area contributed by atoms with E-state index in [0.29, 0.717) is 30.4 Å². The Kier molecular flexibility index (Phi) is 8.00. The van der Waals surface area contributed by atoms with E-state index < -0.39 is 17.3 Å². The van der Waals surface area contributed by atoms with Gasteiger partial charge in [-0.05, 0) is 67.5 Å². The molecule has 2 unspecified atom stereocenters. The van der Waals surface area contributed by atoms with Crippen molar-refractivity contribution in [1.82, 2.24) is 9.80 Å². The van der Waals surface area contributed by atoms with E-state index in [9.17, 15) is 14.7 Å². The van der Waals surface area contributed by atoms with Gasteiger partial charge in [-0.3, -0.25) is 14.5 Å². The molecule has 8 heteroatoms. The lowest BCUT2D eigenvalue weighted by molar-refractivity contribution is -0.147. The lowest BCUT2D eigenvalue weighted by Gasteiger charge is -2.34. The molecule has 1 aliphatic rings. The number of carbonyl (C=O) groups is 2. The van der Waals surface area contributed by atoms with Crippen molar-refractivity contribution < 1.29 is 14.7 Å². The summed E-state index contributed by atoms with van der Waals surface area (Å²) in [5.41, 5.74) is 11.4. The third-order valence-electron chi connectivity index (χ3n) is 7.54. The third-order valence-corrected chi connectivity index (χ3v) is 7.54. The number of rotatable bonds is 7. The molecule has 1 saturated heterocycles. The maximum absolute atomic E-state index is 12.6. The molecule has 2 aromatic rings. The van der Waals surface area contributed by atoms with Gasteiger partial charge < -0.3 is 20.7 Å². The number of nitrogen functional groups attached to an aromatic ring is 1. The minimum absolute atomic E-state index is 0.120. The summed E-state index contributed by atoms with van der Waals surface area (Å²) in [5.74, 6) is 5.11. The Morgan fingerprint density at radius 3 is 2.50 bits per heavy atom. The zero-order valence-corrected chi connectivity index (χ0v) is 22.6. The first-order chi connectivity index (χ1) is 16.7. The van der Waals surface area contributed by atoms with Gasteiger partial charge in [0.05, 0.1) is 23.3 Å². The Hall–Kier alpha value is -3.10. The molecule has 0 aromatic heterocycles. The van der Waals surface area contributed by atoms with Crippen molar-refractivity contribution in [3.63, 3.8) is 0 Å². The predicted molar refractivity (Wildman–Crippen MR) is 145 cm³/mol. The molecule has 1 fully saturated rings. The van der Waals surface area contributed by atoms with E-state index >= 15 is 0 Å². The van der Waals surface area contributed by atoms with E-state index in [1.165, 1.54) is 5.01 Å². The zero-order valence-electron chi connectivity index (χ0n) is 22.6. The normalized spacial score (nSPS) is 18.2. The number of nitrogens with zero attached hydrogens (tertiary/aromatic N) is 3. The van der Waals surface area contributed by atoms with Gasteiger partial charge in [0.1, 0.15) is 0 Å². The van der Waals surface area contributed by atoms with E-state index in [2.05, 4.69) is 24.8 Å². The van der Waals surface area contributed by atoms with Crippen LogP contribution in [-0.4, -0.2) is 60.5 Å². The number of hydrazine groups is 1. The molecule has 8 nitrogen and oxygen atoms in total. The Balaban J connectivity index is 2.09. The number of anilines is 2. The lowest BCUT2D eigenvalue weighted by Crippen LogP contribution is -2.34. The Bertz CT molecular complexity index is 1140. The van der Waals surface area contributed by atoms with Gasteiger partial charge in [0.25, 0.3) is 0 Å². The summed E-state index contributed by atoms with van der Waals surface area (Å²) < 4.78 is 0. The first kappa shape index (κ1) is 27.5. The Morgan fingerprint density at radius 2 is 1.89 bits per heavy atom. The van der Waals surface area contributed by atoms with Gasteiger partial charge >= 0.3 is 5.97 Å². The van der Waals surface area contributed by atoms with E-state index in [4.69, 9.17) is 11.6 Å². The van der Waals surface area contributed by atoms with Gasteiger partial charge in [-0.15, -0.1) is 0 Å². The molecule has 3 rings (SSSR count). The molecule has 0 bridgehead atoms. The molecule has 0 saturated carbocycles. The summed E-state index contributed by atoms with van der Waals surface area (Å²) in [7, 11) is 3.58. The molecule has 1 heterocycles. The predicted octanol–water partition coefficient (Wildman–Crippen LogP) is 3.35. The second kappa shape index (κ2) is 10.5. The fourth-order valence-electron chi connectivity index (χ4n) is 5.31. The van der Waals surface area contributed by atoms with Crippen molar-refractivity contribution in [2.75, 3.05) is 44.5 Å². The largest absolute Gasteiger partial charge is 0.481 e. The van der Waals surface area contributed by atoms with Gasteiger partial charge in [-0.2, -0.15) is 0 Å². The molecule has 36 heavy (non-hydrogen) atoms. The van der Waals surface area contributed by atoms with Crippen molar-refractivity contribution in [3.05, 3.63) is 58.1 Å². The van der Waals surface area contributed by atoms with Crippen LogP contribution in [0.4, 0.5) is 11.4 Å². The number of likely N-dealkylation sites (N-methyl/N-ethyl adjacent to an activating group) is 1. The number of hydrogen-bond acceptors (Lipinski definition) is 6. The first-order valence-electron chi connectivity index (χ1n) is 12.4. The molecule has 196 valence electrons. The number of amides is 1. The average Bonchev–Trinajstić information content (AvgIpc) is 2.89. The summed E-state index contributed by atoms with van der Waals surface area (Å²) in [6, 6.07) is 9.94. The van der Waals surface area contributed by atoms with Gasteiger partial charge in [0.2, 0.25) is 5.91 Å². The van der Waals surface area contributed by atoms with Gasteiger partial charge in [0, 0.05) is 39.6 Å². The SMILES string of the molecule is Cc1ccc(C(c2ccc(N(C)N)c(N)c2C)C(C)(C)C(=O)O)cc1CN1CC(=O)N(C)CC(C)C1. The van der Waals surface area contributed by atoms with E-state index in [0.717, 1.165) is 40.9 Å². The number of carbonyl (C=O) groups excluding carboxylic acids is 1. The van der Waals surface area contributed by atoms with Crippen LogP contribution in [0, 0.1) is 25.2 Å². The van der Waals surface area contributed by atoms with Crippen molar-refractivity contribution >= 4 is 23.3 Å². The van der Waals surface area contributed by atoms with E-state index in [1.54, 1.807) is 25.8 Å². The minimum atomic E-state index is -1.10. The minimum Gasteiger partial charge on any atom is -0.481 e. The van der Waals surface area contributed by atoms with Crippen molar-refractivity contribution in [2.24, 2.45) is 17.2 Å². The number of nitrogens with two attached hydrogens (primary N) is 2. The molecule has 1 amide bonds. The monoisotopic (exact) mass is 495 g/mol.